The minimum atomic E-state index is -0.901. The zero-order valence-electron chi connectivity index (χ0n) is 12.3. The van der Waals surface area contributed by atoms with E-state index in [1.807, 2.05) is 19.1 Å². The first kappa shape index (κ1) is 16.2. The Kier molecular flexibility index (Phi) is 7.71. The number of rotatable bonds is 9. The van der Waals surface area contributed by atoms with Crippen LogP contribution in [0.5, 0.6) is 0 Å². The molecule has 19 heavy (non-hydrogen) atoms. The van der Waals surface area contributed by atoms with Crippen LogP contribution in [-0.4, -0.2) is 21.4 Å². The van der Waals surface area contributed by atoms with Gasteiger partial charge in [0.05, 0.1) is 12.3 Å². The third-order valence-corrected chi connectivity index (χ3v) is 5.56. The molecule has 3 heteroatoms. The van der Waals surface area contributed by atoms with E-state index in [1.165, 1.54) is 5.56 Å². The van der Waals surface area contributed by atoms with Gasteiger partial charge in [-0.2, -0.15) is 0 Å². The average Bonchev–Trinajstić information content (AvgIpc) is 2.44. The fourth-order valence-corrected chi connectivity index (χ4v) is 3.95. The zero-order chi connectivity index (χ0) is 14.1. The van der Waals surface area contributed by atoms with Gasteiger partial charge in [-0.1, -0.05) is 44.2 Å². The fraction of sp³-hybridized carbons (Fsp3) is 0.500. The van der Waals surface area contributed by atoms with Crippen molar-refractivity contribution in [1.82, 2.24) is 0 Å². The Hall–Kier alpha value is -0.903. The molecule has 0 aliphatic rings. The standard InChI is InChI=1S/C16H25O2Si/c1-5-11-19(14(4)17-7-3)18-13-16-10-8-9-15(6-2)12-16/h6,8-10,12,14H,2,5,7,11,13H2,1,3-4H3. The van der Waals surface area contributed by atoms with Crippen LogP contribution >= 0.6 is 0 Å². The highest BCUT2D eigenvalue weighted by molar-refractivity contribution is 6.53. The zero-order valence-corrected chi connectivity index (χ0v) is 13.3. The first-order chi connectivity index (χ1) is 9.21. The molecule has 0 aliphatic carbocycles. The molecule has 1 atom stereocenters. The molecular formula is C16H25O2Si. The molecule has 1 unspecified atom stereocenters. The molecule has 0 spiro atoms. The molecule has 0 heterocycles. The first-order valence-corrected chi connectivity index (χ1v) is 8.72. The predicted octanol–water partition coefficient (Wildman–Crippen LogP) is 4.21. The highest BCUT2D eigenvalue weighted by atomic mass is 28.3. The Labute approximate surface area is 119 Å². The quantitative estimate of drug-likeness (QED) is 0.629. The van der Waals surface area contributed by atoms with Crippen LogP contribution in [0.1, 0.15) is 38.3 Å². The molecule has 1 aromatic carbocycles. The number of hydrogen-bond donors (Lipinski definition) is 0. The van der Waals surface area contributed by atoms with E-state index >= 15 is 0 Å². The minimum Gasteiger partial charge on any atom is -0.410 e. The molecule has 1 aromatic rings. The van der Waals surface area contributed by atoms with Gasteiger partial charge < -0.3 is 9.16 Å². The van der Waals surface area contributed by atoms with Crippen molar-refractivity contribution >= 4 is 15.1 Å². The molecule has 1 radical (unpaired) electrons. The number of ether oxygens (including phenoxy) is 1. The lowest BCUT2D eigenvalue weighted by atomic mass is 10.1. The summed E-state index contributed by atoms with van der Waals surface area (Å²) in [4.78, 5) is 0. The first-order valence-electron chi connectivity index (χ1n) is 7.02. The Morgan fingerprint density at radius 3 is 2.79 bits per heavy atom. The van der Waals surface area contributed by atoms with E-state index in [1.54, 1.807) is 0 Å². The molecule has 0 aromatic heterocycles. The van der Waals surface area contributed by atoms with Crippen LogP contribution < -0.4 is 0 Å². The van der Waals surface area contributed by atoms with Gasteiger partial charge in [-0.25, -0.2) is 0 Å². The highest BCUT2D eigenvalue weighted by Crippen LogP contribution is 2.13. The average molecular weight is 277 g/mol. The molecule has 2 nitrogen and oxygen atoms in total. The maximum Gasteiger partial charge on any atom is 0.241 e. The van der Waals surface area contributed by atoms with Gasteiger partial charge in [0, 0.05) is 6.61 Å². The second-order valence-corrected chi connectivity index (χ2v) is 7.09. The topological polar surface area (TPSA) is 18.5 Å². The number of benzene rings is 1. The van der Waals surface area contributed by atoms with E-state index in [9.17, 15) is 0 Å². The monoisotopic (exact) mass is 277 g/mol. The van der Waals surface area contributed by atoms with Gasteiger partial charge in [-0.3, -0.25) is 0 Å². The molecule has 0 fully saturated rings. The van der Waals surface area contributed by atoms with Gasteiger partial charge in [0.25, 0.3) is 0 Å². The van der Waals surface area contributed by atoms with Gasteiger partial charge in [0.1, 0.15) is 0 Å². The third-order valence-electron chi connectivity index (χ3n) is 2.98. The summed E-state index contributed by atoms with van der Waals surface area (Å²) in [6.45, 7) is 11.6. The molecule has 0 aliphatic heterocycles. The van der Waals surface area contributed by atoms with Crippen molar-refractivity contribution < 1.29 is 9.16 Å². The normalized spacial score (nSPS) is 12.6. The SMILES string of the molecule is C=Cc1cccc(CO[Si](CCC)C(C)OCC)c1. The molecule has 0 amide bonds. The van der Waals surface area contributed by atoms with E-state index in [-0.39, 0.29) is 5.73 Å². The molecule has 0 saturated carbocycles. The van der Waals surface area contributed by atoms with Crippen LogP contribution in [0.3, 0.4) is 0 Å². The van der Waals surface area contributed by atoms with Crippen molar-refractivity contribution in [2.75, 3.05) is 6.61 Å². The summed E-state index contributed by atoms with van der Waals surface area (Å²) in [7, 11) is -0.901. The van der Waals surface area contributed by atoms with Gasteiger partial charge in [0.2, 0.25) is 9.04 Å². The lowest BCUT2D eigenvalue weighted by Gasteiger charge is -2.21. The van der Waals surface area contributed by atoms with E-state index in [4.69, 9.17) is 9.16 Å². The molecule has 0 bridgehead atoms. The smallest absolute Gasteiger partial charge is 0.241 e. The van der Waals surface area contributed by atoms with Crippen LogP contribution in [-0.2, 0) is 15.8 Å². The predicted molar refractivity (Wildman–Crippen MR) is 83.3 cm³/mol. The summed E-state index contributed by atoms with van der Waals surface area (Å²) in [5.74, 6) is 0. The van der Waals surface area contributed by atoms with Crippen molar-refractivity contribution in [3.8, 4) is 0 Å². The second kappa shape index (κ2) is 9.07. The van der Waals surface area contributed by atoms with E-state index in [2.05, 4.69) is 38.6 Å². The lowest BCUT2D eigenvalue weighted by Crippen LogP contribution is -2.33. The van der Waals surface area contributed by atoms with Crippen molar-refractivity contribution in [1.29, 1.82) is 0 Å². The summed E-state index contributed by atoms with van der Waals surface area (Å²) < 4.78 is 11.8. The van der Waals surface area contributed by atoms with Crippen molar-refractivity contribution in [2.24, 2.45) is 0 Å². The maximum absolute atomic E-state index is 6.12. The lowest BCUT2D eigenvalue weighted by molar-refractivity contribution is 0.107. The number of hydrogen-bond acceptors (Lipinski definition) is 2. The van der Waals surface area contributed by atoms with Crippen molar-refractivity contribution in [3.63, 3.8) is 0 Å². The van der Waals surface area contributed by atoms with E-state index in [0.29, 0.717) is 6.61 Å². The summed E-state index contributed by atoms with van der Waals surface area (Å²) in [5.41, 5.74) is 2.60. The summed E-state index contributed by atoms with van der Waals surface area (Å²) >= 11 is 0. The maximum atomic E-state index is 6.12. The summed E-state index contributed by atoms with van der Waals surface area (Å²) in [5, 5.41) is 0. The largest absolute Gasteiger partial charge is 0.410 e. The highest BCUT2D eigenvalue weighted by Gasteiger charge is 2.21. The third kappa shape index (κ3) is 5.72. The van der Waals surface area contributed by atoms with Crippen LogP contribution in [0.15, 0.2) is 30.8 Å². The van der Waals surface area contributed by atoms with Crippen molar-refractivity contribution in [2.45, 2.75) is 45.6 Å². The van der Waals surface area contributed by atoms with Crippen molar-refractivity contribution in [3.05, 3.63) is 42.0 Å². The minimum absolute atomic E-state index is 0.248. The van der Waals surface area contributed by atoms with Crippen LogP contribution in [0.25, 0.3) is 6.08 Å². The molecular weight excluding hydrogens is 252 g/mol. The van der Waals surface area contributed by atoms with Crippen LogP contribution in [0.2, 0.25) is 6.04 Å². The Bertz CT molecular complexity index is 379. The Balaban J connectivity index is 2.56. The summed E-state index contributed by atoms with van der Waals surface area (Å²) in [6, 6.07) is 9.46. The van der Waals surface area contributed by atoms with E-state index in [0.717, 1.165) is 24.6 Å². The molecule has 0 saturated heterocycles. The van der Waals surface area contributed by atoms with Gasteiger partial charge in [-0.05, 0) is 37.1 Å². The van der Waals surface area contributed by atoms with Gasteiger partial charge in [0.15, 0.2) is 0 Å². The van der Waals surface area contributed by atoms with Crippen LogP contribution in [0, 0.1) is 0 Å². The Morgan fingerprint density at radius 1 is 1.37 bits per heavy atom. The molecule has 105 valence electrons. The van der Waals surface area contributed by atoms with Gasteiger partial charge >= 0.3 is 0 Å². The fourth-order valence-electron chi connectivity index (χ4n) is 1.97. The molecule has 1 rings (SSSR count). The van der Waals surface area contributed by atoms with Crippen LogP contribution in [0.4, 0.5) is 0 Å². The Morgan fingerprint density at radius 2 is 2.16 bits per heavy atom. The summed E-state index contributed by atoms with van der Waals surface area (Å²) in [6.07, 6.45) is 3.02. The second-order valence-electron chi connectivity index (χ2n) is 4.55. The van der Waals surface area contributed by atoms with E-state index < -0.39 is 9.04 Å². The molecule has 0 N–H and O–H groups in total. The van der Waals surface area contributed by atoms with Gasteiger partial charge in [-0.15, -0.1) is 0 Å².